The van der Waals surface area contributed by atoms with Crippen LogP contribution in [0.15, 0.2) is 42.5 Å². The first-order valence-corrected chi connectivity index (χ1v) is 8.87. The second-order valence-electron chi connectivity index (χ2n) is 6.56. The lowest BCUT2D eigenvalue weighted by Gasteiger charge is -2.17. The number of Topliss-reactive ketones (excluding diaryl/α,β-unsaturated/α-hetero) is 1. The molecule has 0 aliphatic carbocycles. The topological polar surface area (TPSA) is 84.9 Å². The lowest BCUT2D eigenvalue weighted by Crippen LogP contribution is -2.28. The summed E-state index contributed by atoms with van der Waals surface area (Å²) in [5.74, 6) is 0.178. The van der Waals surface area contributed by atoms with E-state index in [0.717, 1.165) is 0 Å². The average Bonchev–Trinajstić information content (AvgIpc) is 3.09. The van der Waals surface area contributed by atoms with Crippen LogP contribution in [-0.4, -0.2) is 38.4 Å². The highest BCUT2D eigenvalue weighted by molar-refractivity contribution is 6.04. The number of hydrogen-bond donors (Lipinski definition) is 1. The van der Waals surface area contributed by atoms with Crippen molar-refractivity contribution in [3.05, 3.63) is 48.0 Å². The Morgan fingerprint density at radius 1 is 1.07 bits per heavy atom. The van der Waals surface area contributed by atoms with Crippen molar-refractivity contribution in [1.82, 2.24) is 0 Å². The minimum Gasteiger partial charge on any atom is -0.497 e. The lowest BCUT2D eigenvalue weighted by atomic mass is 10.1. The Morgan fingerprint density at radius 3 is 2.39 bits per heavy atom. The third kappa shape index (κ3) is 3.98. The average molecular weight is 382 g/mol. The van der Waals surface area contributed by atoms with Crippen LogP contribution in [-0.2, 0) is 9.59 Å². The number of ketones is 1. The first-order valence-electron chi connectivity index (χ1n) is 8.87. The van der Waals surface area contributed by atoms with Gasteiger partial charge in [-0.1, -0.05) is 0 Å². The van der Waals surface area contributed by atoms with Gasteiger partial charge in [0.1, 0.15) is 11.5 Å². The van der Waals surface area contributed by atoms with Crippen LogP contribution >= 0.6 is 0 Å². The quantitative estimate of drug-likeness (QED) is 0.777. The Kier molecular flexibility index (Phi) is 5.63. The number of rotatable bonds is 6. The summed E-state index contributed by atoms with van der Waals surface area (Å²) >= 11 is 0. The van der Waals surface area contributed by atoms with Crippen LogP contribution in [0.2, 0.25) is 0 Å². The molecule has 28 heavy (non-hydrogen) atoms. The van der Waals surface area contributed by atoms with Gasteiger partial charge in [-0.05, 0) is 43.3 Å². The van der Waals surface area contributed by atoms with Gasteiger partial charge in [0.05, 0.1) is 25.8 Å². The number of ether oxygens (including phenoxy) is 2. The molecule has 1 atom stereocenters. The van der Waals surface area contributed by atoms with Gasteiger partial charge >= 0.3 is 0 Å². The summed E-state index contributed by atoms with van der Waals surface area (Å²) in [6.45, 7) is 1.76. The van der Waals surface area contributed by atoms with Crippen LogP contribution in [0, 0.1) is 5.92 Å². The molecular weight excluding hydrogens is 360 g/mol. The Hall–Kier alpha value is -3.35. The minimum absolute atomic E-state index is 0.0382. The Morgan fingerprint density at radius 2 is 1.79 bits per heavy atom. The van der Waals surface area contributed by atoms with Crippen molar-refractivity contribution < 1.29 is 23.9 Å². The highest BCUT2D eigenvalue weighted by atomic mass is 16.5. The third-order valence-corrected chi connectivity index (χ3v) is 4.75. The predicted octanol–water partition coefficient (Wildman–Crippen LogP) is 2.90. The second kappa shape index (κ2) is 8.12. The fraction of sp³-hybridized carbons (Fsp3) is 0.286. The molecule has 2 amide bonds. The van der Waals surface area contributed by atoms with Crippen molar-refractivity contribution in [1.29, 1.82) is 0 Å². The molecule has 7 nitrogen and oxygen atoms in total. The zero-order valence-electron chi connectivity index (χ0n) is 16.0. The molecule has 2 aromatic carbocycles. The molecule has 1 heterocycles. The zero-order valence-corrected chi connectivity index (χ0v) is 16.0. The molecule has 7 heteroatoms. The first-order chi connectivity index (χ1) is 13.4. The Balaban J connectivity index is 1.72. The van der Waals surface area contributed by atoms with Crippen LogP contribution < -0.4 is 19.7 Å². The van der Waals surface area contributed by atoms with Crippen LogP contribution in [0.25, 0.3) is 0 Å². The molecular formula is C21H22N2O5. The van der Waals surface area contributed by atoms with E-state index in [1.54, 1.807) is 47.4 Å². The second-order valence-corrected chi connectivity index (χ2v) is 6.56. The number of amides is 2. The third-order valence-electron chi connectivity index (χ3n) is 4.75. The van der Waals surface area contributed by atoms with Gasteiger partial charge in [-0.2, -0.15) is 0 Å². The molecule has 1 unspecified atom stereocenters. The molecule has 1 aliphatic heterocycles. The summed E-state index contributed by atoms with van der Waals surface area (Å²) in [6.07, 6.45) is 0.118. The summed E-state index contributed by atoms with van der Waals surface area (Å²) in [6, 6.07) is 11.9. The van der Waals surface area contributed by atoms with E-state index in [1.165, 1.54) is 21.1 Å². The highest BCUT2D eigenvalue weighted by Gasteiger charge is 2.35. The van der Waals surface area contributed by atoms with E-state index in [0.29, 0.717) is 28.4 Å². The molecule has 1 aliphatic rings. The number of benzene rings is 2. The van der Waals surface area contributed by atoms with Crippen molar-refractivity contribution in [3.8, 4) is 11.5 Å². The van der Waals surface area contributed by atoms with Gasteiger partial charge < -0.3 is 19.7 Å². The maximum Gasteiger partial charge on any atom is 0.229 e. The van der Waals surface area contributed by atoms with Crippen molar-refractivity contribution in [3.63, 3.8) is 0 Å². The molecule has 1 N–H and O–H groups in total. The lowest BCUT2D eigenvalue weighted by molar-refractivity contribution is -0.122. The van der Waals surface area contributed by atoms with E-state index in [-0.39, 0.29) is 30.6 Å². The minimum atomic E-state index is -0.490. The molecule has 0 radical (unpaired) electrons. The zero-order chi connectivity index (χ0) is 20.3. The number of anilines is 2. The van der Waals surface area contributed by atoms with Gasteiger partial charge in [0.2, 0.25) is 11.8 Å². The monoisotopic (exact) mass is 382 g/mol. The van der Waals surface area contributed by atoms with E-state index < -0.39 is 5.92 Å². The molecule has 0 spiro atoms. The van der Waals surface area contributed by atoms with E-state index in [1.807, 2.05) is 0 Å². The van der Waals surface area contributed by atoms with Gasteiger partial charge in [0.15, 0.2) is 5.78 Å². The van der Waals surface area contributed by atoms with E-state index in [4.69, 9.17) is 9.47 Å². The van der Waals surface area contributed by atoms with Crippen LogP contribution in [0.3, 0.4) is 0 Å². The largest absolute Gasteiger partial charge is 0.497 e. The fourth-order valence-electron chi connectivity index (χ4n) is 3.16. The van der Waals surface area contributed by atoms with E-state index in [9.17, 15) is 14.4 Å². The summed E-state index contributed by atoms with van der Waals surface area (Å²) in [5, 5.41) is 2.83. The van der Waals surface area contributed by atoms with Gasteiger partial charge in [-0.25, -0.2) is 0 Å². The van der Waals surface area contributed by atoms with Gasteiger partial charge in [0.25, 0.3) is 0 Å². The molecule has 3 rings (SSSR count). The SMILES string of the molecule is COc1ccc(OC)c(NC(=O)C2CC(=O)N(c3ccc(C(C)=O)cc3)C2)c1. The van der Waals surface area contributed by atoms with Crippen LogP contribution in [0.4, 0.5) is 11.4 Å². The smallest absolute Gasteiger partial charge is 0.229 e. The maximum atomic E-state index is 12.7. The molecule has 0 bridgehead atoms. The molecule has 0 saturated carbocycles. The summed E-state index contributed by atoms with van der Waals surface area (Å²) in [5.41, 5.74) is 1.74. The number of nitrogens with one attached hydrogen (secondary N) is 1. The van der Waals surface area contributed by atoms with Crippen LogP contribution in [0.1, 0.15) is 23.7 Å². The van der Waals surface area contributed by atoms with Crippen molar-refractivity contribution in [2.75, 3.05) is 31.0 Å². The number of hydrogen-bond acceptors (Lipinski definition) is 5. The normalized spacial score (nSPS) is 16.0. The highest BCUT2D eigenvalue weighted by Crippen LogP contribution is 2.31. The summed E-state index contributed by atoms with van der Waals surface area (Å²) in [4.78, 5) is 38.1. The number of methoxy groups -OCH3 is 2. The molecule has 146 valence electrons. The van der Waals surface area contributed by atoms with Gasteiger partial charge in [-0.3, -0.25) is 14.4 Å². The van der Waals surface area contributed by atoms with E-state index >= 15 is 0 Å². The molecule has 0 aromatic heterocycles. The Labute approximate surface area is 163 Å². The molecule has 2 aromatic rings. The Bertz CT molecular complexity index is 908. The standard InChI is InChI=1S/C21H22N2O5/c1-13(24)14-4-6-16(7-5-14)23-12-15(10-20(23)25)21(26)22-18-11-17(27-2)8-9-19(18)28-3/h4-9,11,15H,10,12H2,1-3H3,(H,22,26). The number of carbonyl (C=O) groups is 3. The fourth-order valence-corrected chi connectivity index (χ4v) is 3.16. The van der Waals surface area contributed by atoms with Gasteiger partial charge in [-0.15, -0.1) is 0 Å². The maximum absolute atomic E-state index is 12.7. The predicted molar refractivity (Wildman–Crippen MR) is 105 cm³/mol. The molecule has 1 saturated heterocycles. The van der Waals surface area contributed by atoms with Crippen molar-refractivity contribution in [2.24, 2.45) is 5.92 Å². The van der Waals surface area contributed by atoms with Crippen LogP contribution in [0.5, 0.6) is 11.5 Å². The van der Waals surface area contributed by atoms with Crippen molar-refractivity contribution >= 4 is 29.0 Å². The molecule has 1 fully saturated rings. The number of nitrogens with zero attached hydrogens (tertiary/aromatic N) is 1. The number of carbonyl (C=O) groups excluding carboxylic acids is 3. The first kappa shape index (κ1) is 19.4. The van der Waals surface area contributed by atoms with Gasteiger partial charge in [0, 0.05) is 30.3 Å². The summed E-state index contributed by atoms with van der Waals surface area (Å²) in [7, 11) is 3.06. The van der Waals surface area contributed by atoms with E-state index in [2.05, 4.69) is 5.32 Å². The summed E-state index contributed by atoms with van der Waals surface area (Å²) < 4.78 is 10.5. The van der Waals surface area contributed by atoms with Crippen molar-refractivity contribution in [2.45, 2.75) is 13.3 Å².